The maximum absolute atomic E-state index is 12.2. The van der Waals surface area contributed by atoms with Crippen LogP contribution in [0.4, 0.5) is 0 Å². The zero-order chi connectivity index (χ0) is 15.4. The van der Waals surface area contributed by atoms with Crippen LogP contribution in [0.3, 0.4) is 0 Å². The van der Waals surface area contributed by atoms with E-state index in [1.54, 1.807) is 11.8 Å². The highest BCUT2D eigenvalue weighted by molar-refractivity contribution is 8.00. The van der Waals surface area contributed by atoms with Gasteiger partial charge < -0.3 is 5.32 Å². The molecule has 2 aromatic carbocycles. The summed E-state index contributed by atoms with van der Waals surface area (Å²) in [4.78, 5) is 13.4. The number of carbonyl (C=O) groups excluding carboxylic acids is 1. The van der Waals surface area contributed by atoms with Gasteiger partial charge in [-0.2, -0.15) is 0 Å². The molecule has 2 nitrogen and oxygen atoms in total. The third-order valence-electron chi connectivity index (χ3n) is 3.75. The van der Waals surface area contributed by atoms with Crippen molar-refractivity contribution in [3.63, 3.8) is 0 Å². The molecule has 1 aliphatic carbocycles. The Morgan fingerprint density at radius 1 is 1.14 bits per heavy atom. The quantitative estimate of drug-likeness (QED) is 0.777. The summed E-state index contributed by atoms with van der Waals surface area (Å²) in [7, 11) is 0. The topological polar surface area (TPSA) is 29.1 Å². The summed E-state index contributed by atoms with van der Waals surface area (Å²) in [6, 6.07) is 17.9. The molecule has 0 aliphatic heterocycles. The predicted octanol–water partition coefficient (Wildman–Crippen LogP) is 4.70. The van der Waals surface area contributed by atoms with Gasteiger partial charge in [0, 0.05) is 9.92 Å². The lowest BCUT2D eigenvalue weighted by Crippen LogP contribution is -2.31. The molecule has 1 N–H and O–H groups in total. The van der Waals surface area contributed by atoms with Gasteiger partial charge in [0.25, 0.3) is 0 Å². The van der Waals surface area contributed by atoms with E-state index >= 15 is 0 Å². The average molecular weight is 332 g/mol. The Hall–Kier alpha value is -1.45. The Labute approximate surface area is 140 Å². The van der Waals surface area contributed by atoms with Gasteiger partial charge in [0.05, 0.1) is 11.8 Å². The van der Waals surface area contributed by atoms with Gasteiger partial charge in [0.1, 0.15) is 0 Å². The van der Waals surface area contributed by atoms with E-state index in [0.29, 0.717) is 11.7 Å². The molecule has 3 rings (SSSR count). The lowest BCUT2D eigenvalue weighted by Gasteiger charge is -2.19. The summed E-state index contributed by atoms with van der Waals surface area (Å²) < 4.78 is 0. The fourth-order valence-electron chi connectivity index (χ4n) is 2.45. The summed E-state index contributed by atoms with van der Waals surface area (Å²) in [5, 5.41) is 3.91. The molecule has 0 heterocycles. The number of nitrogens with one attached hydrogen (secondary N) is 1. The first-order chi connectivity index (χ1) is 10.7. The van der Waals surface area contributed by atoms with Crippen molar-refractivity contribution in [1.29, 1.82) is 0 Å². The molecule has 1 aliphatic rings. The monoisotopic (exact) mass is 331 g/mol. The van der Waals surface area contributed by atoms with Crippen LogP contribution < -0.4 is 5.32 Å². The second-order valence-corrected chi connectivity index (χ2v) is 7.02. The fraction of sp³-hybridized carbons (Fsp3) is 0.278. The first kappa shape index (κ1) is 15.4. The highest BCUT2D eigenvalue weighted by atomic mass is 35.5. The van der Waals surface area contributed by atoms with Crippen molar-refractivity contribution in [1.82, 2.24) is 5.32 Å². The fourth-order valence-corrected chi connectivity index (χ4v) is 3.31. The molecule has 22 heavy (non-hydrogen) atoms. The molecule has 0 aromatic heterocycles. The lowest BCUT2D eigenvalue weighted by atomic mass is 10.0. The normalized spacial score (nSPS) is 15.3. The Morgan fingerprint density at radius 3 is 2.45 bits per heavy atom. The Kier molecular flexibility index (Phi) is 5.06. The van der Waals surface area contributed by atoms with E-state index in [9.17, 15) is 4.79 Å². The van der Waals surface area contributed by atoms with Crippen LogP contribution in [0.5, 0.6) is 0 Å². The summed E-state index contributed by atoms with van der Waals surface area (Å²) in [6.45, 7) is 0. The van der Waals surface area contributed by atoms with Gasteiger partial charge in [-0.05, 0) is 48.6 Å². The van der Waals surface area contributed by atoms with Crippen molar-refractivity contribution >= 4 is 29.3 Å². The van der Waals surface area contributed by atoms with Gasteiger partial charge in [0.15, 0.2) is 0 Å². The molecule has 1 saturated carbocycles. The highest BCUT2D eigenvalue weighted by Crippen LogP contribution is 2.41. The number of thioether (sulfide) groups is 1. The van der Waals surface area contributed by atoms with Crippen LogP contribution in [0.15, 0.2) is 59.5 Å². The number of amides is 1. The molecule has 1 fully saturated rings. The van der Waals surface area contributed by atoms with Crippen molar-refractivity contribution in [2.45, 2.75) is 23.8 Å². The number of carbonyl (C=O) groups is 1. The standard InChI is InChI=1S/C18H18ClNOS/c19-15-10-8-14(9-11-15)18(13-6-7-13)20-17(21)12-22-16-4-2-1-3-5-16/h1-5,8-11,13,18H,6-7,12H2,(H,20,21). The zero-order valence-electron chi connectivity index (χ0n) is 12.2. The number of benzene rings is 2. The second kappa shape index (κ2) is 7.21. The van der Waals surface area contributed by atoms with Gasteiger partial charge in [-0.15, -0.1) is 11.8 Å². The van der Waals surface area contributed by atoms with E-state index in [1.165, 1.54) is 12.8 Å². The van der Waals surface area contributed by atoms with Gasteiger partial charge >= 0.3 is 0 Å². The predicted molar refractivity (Wildman–Crippen MR) is 92.2 cm³/mol. The van der Waals surface area contributed by atoms with Crippen molar-refractivity contribution in [2.24, 2.45) is 5.92 Å². The molecule has 1 atom stereocenters. The van der Waals surface area contributed by atoms with E-state index in [4.69, 9.17) is 11.6 Å². The van der Waals surface area contributed by atoms with Crippen LogP contribution in [0.2, 0.25) is 5.02 Å². The molecule has 2 aromatic rings. The molecule has 0 saturated heterocycles. The van der Waals surface area contributed by atoms with Crippen LogP contribution in [0.25, 0.3) is 0 Å². The molecule has 1 unspecified atom stereocenters. The van der Waals surface area contributed by atoms with Crippen LogP contribution in [0.1, 0.15) is 24.4 Å². The molecule has 1 amide bonds. The smallest absolute Gasteiger partial charge is 0.230 e. The summed E-state index contributed by atoms with van der Waals surface area (Å²) in [6.07, 6.45) is 2.36. The number of halogens is 1. The minimum absolute atomic E-state index is 0.0840. The maximum Gasteiger partial charge on any atom is 0.230 e. The van der Waals surface area contributed by atoms with Gasteiger partial charge in [0.2, 0.25) is 5.91 Å². The van der Waals surface area contributed by atoms with Crippen molar-refractivity contribution in [3.8, 4) is 0 Å². The zero-order valence-corrected chi connectivity index (χ0v) is 13.7. The number of hydrogen-bond acceptors (Lipinski definition) is 2. The number of hydrogen-bond donors (Lipinski definition) is 1. The second-order valence-electron chi connectivity index (χ2n) is 5.54. The highest BCUT2D eigenvalue weighted by Gasteiger charge is 2.33. The van der Waals surface area contributed by atoms with E-state index in [0.717, 1.165) is 15.5 Å². The molecule has 0 radical (unpaired) electrons. The Bertz CT molecular complexity index is 625. The average Bonchev–Trinajstić information content (AvgIpc) is 3.37. The van der Waals surface area contributed by atoms with Crippen LogP contribution >= 0.6 is 23.4 Å². The molecular formula is C18H18ClNOS. The van der Waals surface area contributed by atoms with Gasteiger partial charge in [-0.1, -0.05) is 41.9 Å². The first-order valence-corrected chi connectivity index (χ1v) is 8.81. The molecule has 0 bridgehead atoms. The third kappa shape index (κ3) is 4.28. The van der Waals surface area contributed by atoms with Crippen LogP contribution in [0, 0.1) is 5.92 Å². The minimum Gasteiger partial charge on any atom is -0.348 e. The Balaban J connectivity index is 1.59. The number of rotatable bonds is 6. The summed E-state index contributed by atoms with van der Waals surface area (Å²) in [5.74, 6) is 1.09. The minimum atomic E-state index is 0.0840. The van der Waals surface area contributed by atoms with Crippen LogP contribution in [-0.2, 0) is 4.79 Å². The molecule has 4 heteroatoms. The lowest BCUT2D eigenvalue weighted by molar-refractivity contribution is -0.119. The van der Waals surface area contributed by atoms with Crippen LogP contribution in [-0.4, -0.2) is 11.7 Å². The molecule has 114 valence electrons. The van der Waals surface area contributed by atoms with Crippen molar-refractivity contribution in [2.75, 3.05) is 5.75 Å². The van der Waals surface area contributed by atoms with E-state index in [-0.39, 0.29) is 11.9 Å². The molecule has 0 spiro atoms. The summed E-state index contributed by atoms with van der Waals surface area (Å²) >= 11 is 7.51. The van der Waals surface area contributed by atoms with Gasteiger partial charge in [-0.25, -0.2) is 0 Å². The molecular weight excluding hydrogens is 314 g/mol. The largest absolute Gasteiger partial charge is 0.348 e. The first-order valence-electron chi connectivity index (χ1n) is 7.45. The van der Waals surface area contributed by atoms with E-state index in [1.807, 2.05) is 54.6 Å². The maximum atomic E-state index is 12.2. The SMILES string of the molecule is O=C(CSc1ccccc1)NC(c1ccc(Cl)cc1)C1CC1. The summed E-state index contributed by atoms with van der Waals surface area (Å²) in [5.41, 5.74) is 1.14. The third-order valence-corrected chi connectivity index (χ3v) is 5.02. The Morgan fingerprint density at radius 2 is 1.82 bits per heavy atom. The van der Waals surface area contributed by atoms with E-state index < -0.39 is 0 Å². The van der Waals surface area contributed by atoms with Crippen molar-refractivity contribution < 1.29 is 4.79 Å². The van der Waals surface area contributed by atoms with Gasteiger partial charge in [-0.3, -0.25) is 4.79 Å². The van der Waals surface area contributed by atoms with E-state index in [2.05, 4.69) is 5.32 Å². The van der Waals surface area contributed by atoms with Crippen molar-refractivity contribution in [3.05, 3.63) is 65.2 Å².